The van der Waals surface area contributed by atoms with E-state index >= 15 is 0 Å². The third-order valence-corrected chi connectivity index (χ3v) is 10.7. The lowest BCUT2D eigenvalue weighted by molar-refractivity contribution is 0.480. The van der Waals surface area contributed by atoms with Crippen LogP contribution < -0.4 is 20.3 Å². The molecular formula is C48H30BNO2. The van der Waals surface area contributed by atoms with E-state index in [-0.39, 0.29) is 6.92 Å². The average Bonchev–Trinajstić information content (AvgIpc) is 3.55. The van der Waals surface area contributed by atoms with Crippen LogP contribution in [0, 0.1) is 0 Å². The first-order chi connectivity index (χ1) is 25.8. The first-order valence-corrected chi connectivity index (χ1v) is 17.8. The van der Waals surface area contributed by atoms with E-state index in [0.717, 1.165) is 67.2 Å². The predicted molar refractivity (Wildman–Crippen MR) is 215 cm³/mol. The third-order valence-electron chi connectivity index (χ3n) is 10.7. The molecule has 0 atom stereocenters. The maximum Gasteiger partial charge on any atom is 0.434 e. The molecule has 1 aromatic heterocycles. The molecule has 0 amide bonds. The lowest BCUT2D eigenvalue weighted by Gasteiger charge is -2.33. The molecule has 0 saturated carbocycles. The normalized spacial score (nSPS) is 12.5. The highest BCUT2D eigenvalue weighted by atomic mass is 16.5. The molecule has 0 bridgehead atoms. The van der Waals surface area contributed by atoms with Gasteiger partial charge in [-0.15, -0.1) is 0 Å². The van der Waals surface area contributed by atoms with Gasteiger partial charge in [0, 0.05) is 32.9 Å². The summed E-state index contributed by atoms with van der Waals surface area (Å²) in [6, 6.07) is 64.8. The minimum Gasteiger partial charge on any atom is -0.551 e. The standard InChI is InChI=1S/C48H30BNO2/c1-2-11-31(12-3-1)33-13-10-14-34(27-33)35-23-26-42-46(29-35)51-47-30-36(28-41-40-17-6-9-20-45(40)52-49(42)48(41)47)32-21-24-37(25-22-32)50-43-18-7-4-15-38(43)39-16-5-8-19-44(39)50/h1-30H. The highest BCUT2D eigenvalue weighted by molar-refractivity contribution is 6.84. The SMILES string of the molecule is c1ccc(-c2cccc(-c3ccc4c(c3)Oc3cc(-c5ccc(-n6c7ccccc7c7ccccc76)cc5)cc5c3B4Oc3ccccc3-5)c2)cc1. The first-order valence-electron chi connectivity index (χ1n) is 17.8. The second kappa shape index (κ2) is 11.4. The van der Waals surface area contributed by atoms with E-state index in [1.54, 1.807) is 0 Å². The van der Waals surface area contributed by atoms with Crippen LogP contribution >= 0.6 is 0 Å². The molecule has 2 aliphatic heterocycles. The highest BCUT2D eigenvalue weighted by Gasteiger charge is 2.41. The maximum absolute atomic E-state index is 6.87. The van der Waals surface area contributed by atoms with Crippen molar-refractivity contribution in [3.8, 4) is 67.4 Å². The predicted octanol–water partition coefficient (Wildman–Crippen LogP) is 11.1. The Morgan fingerprint density at radius 3 is 1.77 bits per heavy atom. The molecule has 4 heteroatoms. The quantitative estimate of drug-likeness (QED) is 0.175. The van der Waals surface area contributed by atoms with Gasteiger partial charge in [-0.25, -0.2) is 0 Å². The number of nitrogens with zero attached hydrogens (tertiary/aromatic N) is 1. The van der Waals surface area contributed by atoms with Gasteiger partial charge in [-0.1, -0.05) is 127 Å². The fourth-order valence-electron chi connectivity index (χ4n) is 8.22. The zero-order chi connectivity index (χ0) is 34.2. The Morgan fingerprint density at radius 2 is 0.981 bits per heavy atom. The molecule has 0 aliphatic carbocycles. The van der Waals surface area contributed by atoms with Crippen molar-refractivity contribution in [3.05, 3.63) is 182 Å². The molecular weight excluding hydrogens is 633 g/mol. The topological polar surface area (TPSA) is 23.4 Å². The smallest absolute Gasteiger partial charge is 0.434 e. The highest BCUT2D eigenvalue weighted by Crippen LogP contribution is 2.42. The third kappa shape index (κ3) is 4.48. The van der Waals surface area contributed by atoms with Crippen molar-refractivity contribution in [1.29, 1.82) is 0 Å². The van der Waals surface area contributed by atoms with E-state index in [1.165, 1.54) is 32.9 Å². The van der Waals surface area contributed by atoms with Gasteiger partial charge in [0.1, 0.15) is 17.2 Å². The molecule has 3 heterocycles. The van der Waals surface area contributed by atoms with Gasteiger partial charge in [0.05, 0.1) is 11.0 Å². The molecule has 0 N–H and O–H groups in total. The summed E-state index contributed by atoms with van der Waals surface area (Å²) in [4.78, 5) is 0. The first kappa shape index (κ1) is 29.0. The summed E-state index contributed by atoms with van der Waals surface area (Å²) in [6.07, 6.45) is 0. The molecule has 0 unspecified atom stereocenters. The van der Waals surface area contributed by atoms with Gasteiger partial charge in [-0.3, -0.25) is 0 Å². The van der Waals surface area contributed by atoms with Gasteiger partial charge >= 0.3 is 6.92 Å². The number of benzene rings is 8. The lowest BCUT2D eigenvalue weighted by atomic mass is 9.50. The fourth-order valence-corrected chi connectivity index (χ4v) is 8.22. The second-order valence-electron chi connectivity index (χ2n) is 13.6. The van der Waals surface area contributed by atoms with Crippen LogP contribution in [0.4, 0.5) is 0 Å². The molecule has 0 fully saturated rings. The van der Waals surface area contributed by atoms with Crippen LogP contribution in [-0.2, 0) is 0 Å². The van der Waals surface area contributed by atoms with E-state index in [0.29, 0.717) is 0 Å². The van der Waals surface area contributed by atoms with Crippen molar-refractivity contribution in [2.24, 2.45) is 0 Å². The Hall–Kier alpha value is -6.78. The molecule has 8 aromatic carbocycles. The Kier molecular flexibility index (Phi) is 6.35. The van der Waals surface area contributed by atoms with Gasteiger partial charge in [0.25, 0.3) is 0 Å². The van der Waals surface area contributed by atoms with Crippen molar-refractivity contribution >= 4 is 39.6 Å². The molecule has 0 radical (unpaired) electrons. The molecule has 11 rings (SSSR count). The van der Waals surface area contributed by atoms with Crippen LogP contribution in [0.25, 0.3) is 72.0 Å². The molecule has 0 spiro atoms. The molecule has 0 saturated heterocycles. The van der Waals surface area contributed by atoms with E-state index in [4.69, 9.17) is 9.39 Å². The summed E-state index contributed by atoms with van der Waals surface area (Å²) in [5.74, 6) is 2.54. The molecule has 52 heavy (non-hydrogen) atoms. The summed E-state index contributed by atoms with van der Waals surface area (Å²) < 4.78 is 16.0. The van der Waals surface area contributed by atoms with Gasteiger partial charge in [-0.05, 0) is 93.5 Å². The Labute approximate surface area is 302 Å². The number of para-hydroxylation sites is 3. The summed E-state index contributed by atoms with van der Waals surface area (Å²) in [7, 11) is 0. The minimum absolute atomic E-state index is 0.264. The number of ether oxygens (including phenoxy) is 1. The largest absolute Gasteiger partial charge is 0.551 e. The Bertz CT molecular complexity index is 2800. The maximum atomic E-state index is 6.87. The number of hydrogen-bond donors (Lipinski definition) is 0. The fraction of sp³-hybridized carbons (Fsp3) is 0. The average molecular weight is 664 g/mol. The van der Waals surface area contributed by atoms with Crippen LogP contribution in [0.15, 0.2) is 182 Å². The zero-order valence-corrected chi connectivity index (χ0v) is 28.2. The number of aromatic nitrogens is 1. The number of rotatable bonds is 4. The van der Waals surface area contributed by atoms with E-state index in [2.05, 4.69) is 180 Å². The number of fused-ring (bicyclic) bond motifs is 7. The molecule has 2 aliphatic rings. The summed E-state index contributed by atoms with van der Waals surface area (Å²) in [5.41, 5.74) is 14.8. The van der Waals surface area contributed by atoms with Crippen molar-refractivity contribution in [2.45, 2.75) is 0 Å². The van der Waals surface area contributed by atoms with Crippen LogP contribution in [0.5, 0.6) is 17.2 Å². The van der Waals surface area contributed by atoms with E-state index in [9.17, 15) is 0 Å². The lowest BCUT2D eigenvalue weighted by Crippen LogP contribution is -2.53. The second-order valence-corrected chi connectivity index (χ2v) is 13.6. The Morgan fingerprint density at radius 1 is 0.385 bits per heavy atom. The molecule has 9 aromatic rings. The Balaban J connectivity index is 1.02. The molecule has 242 valence electrons. The van der Waals surface area contributed by atoms with Crippen molar-refractivity contribution in [3.63, 3.8) is 0 Å². The van der Waals surface area contributed by atoms with Gasteiger partial charge < -0.3 is 14.0 Å². The van der Waals surface area contributed by atoms with Crippen LogP contribution in [0.3, 0.4) is 0 Å². The van der Waals surface area contributed by atoms with Crippen LogP contribution in [-0.4, -0.2) is 11.5 Å². The van der Waals surface area contributed by atoms with E-state index in [1.807, 2.05) is 6.07 Å². The minimum atomic E-state index is -0.264. The van der Waals surface area contributed by atoms with Gasteiger partial charge in [0.15, 0.2) is 0 Å². The monoisotopic (exact) mass is 663 g/mol. The van der Waals surface area contributed by atoms with E-state index < -0.39 is 0 Å². The zero-order valence-electron chi connectivity index (χ0n) is 28.2. The van der Waals surface area contributed by atoms with Crippen molar-refractivity contribution in [1.82, 2.24) is 4.57 Å². The van der Waals surface area contributed by atoms with Crippen molar-refractivity contribution in [2.75, 3.05) is 0 Å². The van der Waals surface area contributed by atoms with Gasteiger partial charge in [0.2, 0.25) is 0 Å². The molecule has 3 nitrogen and oxygen atoms in total. The summed E-state index contributed by atoms with van der Waals surface area (Å²) in [5, 5.41) is 2.52. The summed E-state index contributed by atoms with van der Waals surface area (Å²) in [6.45, 7) is -0.264. The number of hydrogen-bond acceptors (Lipinski definition) is 2. The summed E-state index contributed by atoms with van der Waals surface area (Å²) >= 11 is 0. The van der Waals surface area contributed by atoms with Gasteiger partial charge in [-0.2, -0.15) is 0 Å². The van der Waals surface area contributed by atoms with Crippen LogP contribution in [0.2, 0.25) is 0 Å². The van der Waals surface area contributed by atoms with Crippen LogP contribution in [0.1, 0.15) is 0 Å². The van der Waals surface area contributed by atoms with Crippen molar-refractivity contribution < 1.29 is 9.39 Å².